The Morgan fingerprint density at radius 2 is 1.80 bits per heavy atom. The second kappa shape index (κ2) is 2.97. The third-order valence-corrected chi connectivity index (χ3v) is 1.19. The van der Waals surface area contributed by atoms with Crippen LogP contribution in [0.4, 0.5) is 0 Å². The van der Waals surface area contributed by atoms with Crippen molar-refractivity contribution in [2.45, 2.75) is 0 Å². The maximum absolute atomic E-state index is 10.6. The van der Waals surface area contributed by atoms with Crippen molar-refractivity contribution >= 4 is 5.78 Å². The van der Waals surface area contributed by atoms with Crippen LogP contribution in [0.5, 0.6) is 0 Å². The lowest BCUT2D eigenvalue weighted by Crippen LogP contribution is -1.90. The summed E-state index contributed by atoms with van der Waals surface area (Å²) in [5.41, 5.74) is 1.01. The van der Waals surface area contributed by atoms with Gasteiger partial charge >= 0.3 is 0 Å². The molecule has 50 valence electrons. The van der Waals surface area contributed by atoms with Gasteiger partial charge in [-0.15, -0.1) is 0 Å². The topological polar surface area (TPSA) is 17.1 Å². The zero-order valence-electron chi connectivity index (χ0n) is 5.58. The lowest BCUT2D eigenvalue weighted by Gasteiger charge is -1.95. The van der Waals surface area contributed by atoms with Crippen LogP contribution in [-0.4, -0.2) is 5.78 Å². The molecule has 0 N–H and O–H groups in total. The van der Waals surface area contributed by atoms with Crippen LogP contribution in [0.2, 0.25) is 0 Å². The quantitative estimate of drug-likeness (QED) is 0.531. The second-order valence-electron chi connectivity index (χ2n) is 1.97. The fourth-order valence-corrected chi connectivity index (χ4v) is 0.715. The highest BCUT2D eigenvalue weighted by molar-refractivity contribution is 6.01. The number of ketones is 1. The van der Waals surface area contributed by atoms with Crippen molar-refractivity contribution in [2.24, 2.45) is 0 Å². The monoisotopic (exact) mass is 132 g/mol. The lowest BCUT2D eigenvalue weighted by atomic mass is 10.1. The molecular weight excluding hydrogens is 124 g/mol. The maximum atomic E-state index is 10.6. The first kappa shape index (κ1) is 6.75. The molecule has 1 nitrogen and oxygen atoms in total. The normalized spacial score (nSPS) is 15.6. The molecule has 0 unspecified atom stereocenters. The molecule has 0 amide bonds. The smallest absolute Gasteiger partial charge is 0.178 e. The predicted octanol–water partition coefficient (Wildman–Crippen LogP) is 1.79. The van der Waals surface area contributed by atoms with E-state index in [1.54, 1.807) is 18.2 Å². The molecule has 0 aromatic rings. The van der Waals surface area contributed by atoms with Gasteiger partial charge in [-0.05, 0) is 17.7 Å². The van der Waals surface area contributed by atoms with Crippen LogP contribution in [-0.2, 0) is 4.79 Å². The molecule has 0 heterocycles. The standard InChI is InChI=1S/C9H8O/c1-2-3-8-4-6-9(10)7-5-8/h2-7H,1H2. The molecule has 10 heavy (non-hydrogen) atoms. The highest BCUT2D eigenvalue weighted by Crippen LogP contribution is 2.04. The van der Waals surface area contributed by atoms with Crippen molar-refractivity contribution in [3.05, 3.63) is 48.6 Å². The van der Waals surface area contributed by atoms with E-state index in [-0.39, 0.29) is 5.78 Å². The van der Waals surface area contributed by atoms with Gasteiger partial charge in [-0.1, -0.05) is 30.9 Å². The van der Waals surface area contributed by atoms with E-state index in [1.807, 2.05) is 6.08 Å². The average molecular weight is 132 g/mol. The van der Waals surface area contributed by atoms with E-state index >= 15 is 0 Å². The van der Waals surface area contributed by atoms with E-state index < -0.39 is 0 Å². The van der Waals surface area contributed by atoms with E-state index in [2.05, 4.69) is 6.58 Å². The second-order valence-corrected chi connectivity index (χ2v) is 1.97. The molecule has 0 bridgehead atoms. The summed E-state index contributed by atoms with van der Waals surface area (Å²) in [5.74, 6) is 0.0428. The van der Waals surface area contributed by atoms with Gasteiger partial charge in [-0.3, -0.25) is 4.79 Å². The Hall–Kier alpha value is -1.37. The van der Waals surface area contributed by atoms with Crippen LogP contribution in [0.15, 0.2) is 48.6 Å². The number of hydrogen-bond acceptors (Lipinski definition) is 1. The van der Waals surface area contributed by atoms with E-state index in [0.717, 1.165) is 5.57 Å². The van der Waals surface area contributed by atoms with Crippen molar-refractivity contribution in [3.8, 4) is 0 Å². The Labute approximate surface area is 60.1 Å². The third kappa shape index (κ3) is 1.55. The minimum absolute atomic E-state index is 0.0428. The molecule has 0 fully saturated rings. The zero-order chi connectivity index (χ0) is 7.40. The summed E-state index contributed by atoms with van der Waals surface area (Å²) in [6, 6.07) is 0. The molecule has 1 heteroatoms. The fourth-order valence-electron chi connectivity index (χ4n) is 0.715. The molecule has 0 aliphatic heterocycles. The first-order chi connectivity index (χ1) is 4.83. The van der Waals surface area contributed by atoms with Crippen molar-refractivity contribution in [2.75, 3.05) is 0 Å². The fraction of sp³-hybridized carbons (Fsp3) is 0. The van der Waals surface area contributed by atoms with E-state index in [1.165, 1.54) is 12.2 Å². The van der Waals surface area contributed by atoms with Gasteiger partial charge in [0.15, 0.2) is 5.78 Å². The van der Waals surface area contributed by atoms with Gasteiger partial charge in [0.2, 0.25) is 0 Å². The summed E-state index contributed by atoms with van der Waals surface area (Å²) in [6.07, 6.45) is 10.2. The van der Waals surface area contributed by atoms with Gasteiger partial charge in [0, 0.05) is 0 Å². The Kier molecular flexibility index (Phi) is 2.00. The highest BCUT2D eigenvalue weighted by atomic mass is 16.1. The summed E-state index contributed by atoms with van der Waals surface area (Å²) >= 11 is 0. The molecule has 0 saturated carbocycles. The van der Waals surface area contributed by atoms with E-state index in [4.69, 9.17) is 0 Å². The molecule has 1 aliphatic carbocycles. The molecule has 1 rings (SSSR count). The largest absolute Gasteiger partial charge is 0.290 e. The summed E-state index contributed by atoms with van der Waals surface area (Å²) in [4.78, 5) is 10.6. The van der Waals surface area contributed by atoms with Crippen LogP contribution in [0, 0.1) is 0 Å². The molecule has 0 radical (unpaired) electrons. The van der Waals surface area contributed by atoms with Crippen LogP contribution in [0.25, 0.3) is 0 Å². The van der Waals surface area contributed by atoms with Crippen LogP contribution >= 0.6 is 0 Å². The zero-order valence-corrected chi connectivity index (χ0v) is 5.58. The van der Waals surface area contributed by atoms with Gasteiger partial charge < -0.3 is 0 Å². The Balaban J connectivity index is 2.80. The third-order valence-electron chi connectivity index (χ3n) is 1.19. The molecule has 0 aromatic heterocycles. The van der Waals surface area contributed by atoms with Gasteiger partial charge in [-0.2, -0.15) is 0 Å². The number of rotatable bonds is 1. The van der Waals surface area contributed by atoms with Crippen LogP contribution in [0.1, 0.15) is 0 Å². The number of allylic oxidation sites excluding steroid dienone is 7. The molecule has 0 aromatic carbocycles. The van der Waals surface area contributed by atoms with Crippen molar-refractivity contribution in [3.63, 3.8) is 0 Å². The van der Waals surface area contributed by atoms with Gasteiger partial charge in [0.1, 0.15) is 0 Å². The van der Waals surface area contributed by atoms with Gasteiger partial charge in [-0.25, -0.2) is 0 Å². The first-order valence-electron chi connectivity index (χ1n) is 3.06. The predicted molar refractivity (Wildman–Crippen MR) is 41.6 cm³/mol. The molecule has 0 spiro atoms. The van der Waals surface area contributed by atoms with Gasteiger partial charge in [0.25, 0.3) is 0 Å². The van der Waals surface area contributed by atoms with Crippen molar-refractivity contribution < 1.29 is 4.79 Å². The van der Waals surface area contributed by atoms with Crippen LogP contribution < -0.4 is 0 Å². The number of carbonyl (C=O) groups is 1. The summed E-state index contributed by atoms with van der Waals surface area (Å²) in [5, 5.41) is 0. The summed E-state index contributed by atoms with van der Waals surface area (Å²) in [6.45, 7) is 3.54. The minimum Gasteiger partial charge on any atom is -0.290 e. The molecule has 0 saturated heterocycles. The molecule has 0 atom stereocenters. The average Bonchev–Trinajstić information content (AvgIpc) is 1.95. The van der Waals surface area contributed by atoms with E-state index in [0.29, 0.717) is 0 Å². The summed E-state index contributed by atoms with van der Waals surface area (Å²) in [7, 11) is 0. The van der Waals surface area contributed by atoms with Crippen molar-refractivity contribution in [1.82, 2.24) is 0 Å². The van der Waals surface area contributed by atoms with E-state index in [9.17, 15) is 4.79 Å². The SMILES string of the molecule is C=CC=C1C=CC(=O)C=C1. The highest BCUT2D eigenvalue weighted by Gasteiger charge is 1.95. The van der Waals surface area contributed by atoms with Gasteiger partial charge in [0.05, 0.1) is 0 Å². The van der Waals surface area contributed by atoms with Crippen molar-refractivity contribution in [1.29, 1.82) is 0 Å². The number of carbonyl (C=O) groups excluding carboxylic acids is 1. The molecular formula is C9H8O. The first-order valence-corrected chi connectivity index (χ1v) is 3.06. The maximum Gasteiger partial charge on any atom is 0.178 e. The lowest BCUT2D eigenvalue weighted by molar-refractivity contribution is -0.110. The molecule has 1 aliphatic rings. The summed E-state index contributed by atoms with van der Waals surface area (Å²) < 4.78 is 0. The number of hydrogen-bond donors (Lipinski definition) is 0. The minimum atomic E-state index is 0.0428. The Morgan fingerprint density at radius 3 is 2.30 bits per heavy atom. The Bertz CT molecular complexity index is 223. The Morgan fingerprint density at radius 1 is 1.20 bits per heavy atom. The van der Waals surface area contributed by atoms with Crippen LogP contribution in [0.3, 0.4) is 0 Å².